The Balaban J connectivity index is 1.93. The fraction of sp³-hybridized carbons (Fsp3) is 0.500. The summed E-state index contributed by atoms with van der Waals surface area (Å²) in [5, 5.41) is 0. The monoisotopic (exact) mass is 249 g/mol. The second-order valence-corrected chi connectivity index (χ2v) is 4.65. The number of methoxy groups -OCH3 is 1. The van der Waals surface area contributed by atoms with Crippen LogP contribution in [0.15, 0.2) is 18.2 Å². The smallest absolute Gasteiger partial charge is 0.342 e. The van der Waals surface area contributed by atoms with E-state index in [4.69, 9.17) is 15.2 Å². The molecular weight excluding hydrogens is 230 g/mol. The number of benzene rings is 1. The Bertz CT molecular complexity index is 427. The van der Waals surface area contributed by atoms with Crippen LogP contribution in [0.3, 0.4) is 0 Å². The second-order valence-electron chi connectivity index (χ2n) is 4.65. The molecule has 0 radical (unpaired) electrons. The molecule has 2 N–H and O–H groups in total. The topological polar surface area (TPSA) is 61.5 Å². The lowest BCUT2D eigenvalue weighted by atomic mass is 9.83. The summed E-state index contributed by atoms with van der Waals surface area (Å²) >= 11 is 0. The van der Waals surface area contributed by atoms with E-state index in [0.29, 0.717) is 23.6 Å². The van der Waals surface area contributed by atoms with Crippen LogP contribution >= 0.6 is 0 Å². The molecule has 1 aromatic rings. The first-order valence-electron chi connectivity index (χ1n) is 6.32. The van der Waals surface area contributed by atoms with Crippen molar-refractivity contribution >= 4 is 11.7 Å². The summed E-state index contributed by atoms with van der Waals surface area (Å²) in [4.78, 5) is 11.9. The van der Waals surface area contributed by atoms with Crippen molar-refractivity contribution < 1.29 is 14.3 Å². The molecule has 98 valence electrons. The van der Waals surface area contributed by atoms with Crippen LogP contribution in [-0.2, 0) is 4.74 Å². The van der Waals surface area contributed by atoms with Crippen LogP contribution < -0.4 is 10.5 Å². The first-order chi connectivity index (χ1) is 8.72. The Morgan fingerprint density at radius 3 is 2.83 bits per heavy atom. The number of anilines is 1. The van der Waals surface area contributed by atoms with Gasteiger partial charge in [0.2, 0.25) is 0 Å². The van der Waals surface area contributed by atoms with Gasteiger partial charge < -0.3 is 15.2 Å². The molecule has 0 spiro atoms. The summed E-state index contributed by atoms with van der Waals surface area (Å²) in [6, 6.07) is 5.09. The van der Waals surface area contributed by atoms with E-state index in [2.05, 4.69) is 0 Å². The van der Waals surface area contributed by atoms with Crippen LogP contribution in [0.4, 0.5) is 5.69 Å². The summed E-state index contributed by atoms with van der Waals surface area (Å²) in [7, 11) is 1.50. The van der Waals surface area contributed by atoms with E-state index in [1.54, 1.807) is 18.2 Å². The molecule has 1 aromatic carbocycles. The van der Waals surface area contributed by atoms with Crippen LogP contribution in [0.25, 0.3) is 0 Å². The van der Waals surface area contributed by atoms with Crippen LogP contribution in [0.1, 0.15) is 36.0 Å². The molecule has 4 heteroatoms. The fourth-order valence-corrected chi connectivity index (χ4v) is 2.12. The zero-order chi connectivity index (χ0) is 13.0. The highest BCUT2D eigenvalue weighted by molar-refractivity contribution is 5.94. The van der Waals surface area contributed by atoms with Gasteiger partial charge in [0.1, 0.15) is 5.56 Å². The summed E-state index contributed by atoms with van der Waals surface area (Å²) in [5.74, 6) is 0.769. The first kappa shape index (κ1) is 12.7. The number of hydrogen-bond acceptors (Lipinski definition) is 4. The molecule has 1 saturated carbocycles. The lowest BCUT2D eigenvalue weighted by Gasteiger charge is -2.24. The third-order valence-corrected chi connectivity index (χ3v) is 3.45. The van der Waals surface area contributed by atoms with Crippen molar-refractivity contribution in [3.8, 4) is 5.75 Å². The Labute approximate surface area is 107 Å². The van der Waals surface area contributed by atoms with E-state index in [0.717, 1.165) is 12.3 Å². The number of rotatable bonds is 5. The van der Waals surface area contributed by atoms with Crippen molar-refractivity contribution in [2.45, 2.75) is 25.7 Å². The summed E-state index contributed by atoms with van der Waals surface area (Å²) in [6.45, 7) is 0.474. The van der Waals surface area contributed by atoms with Gasteiger partial charge in [0, 0.05) is 0 Å². The Kier molecular flexibility index (Phi) is 4.07. The highest BCUT2D eigenvalue weighted by Crippen LogP contribution is 2.30. The largest absolute Gasteiger partial charge is 0.494 e. The molecule has 2 rings (SSSR count). The molecule has 0 heterocycles. The third-order valence-electron chi connectivity index (χ3n) is 3.45. The van der Waals surface area contributed by atoms with Gasteiger partial charge in [-0.3, -0.25) is 0 Å². The minimum Gasteiger partial charge on any atom is -0.494 e. The summed E-state index contributed by atoms with van der Waals surface area (Å²) in [6.07, 6.45) is 4.79. The van der Waals surface area contributed by atoms with E-state index in [1.165, 1.54) is 26.4 Å². The van der Waals surface area contributed by atoms with Crippen molar-refractivity contribution in [3.63, 3.8) is 0 Å². The summed E-state index contributed by atoms with van der Waals surface area (Å²) in [5.41, 5.74) is 6.59. The molecule has 0 aromatic heterocycles. The quantitative estimate of drug-likeness (QED) is 0.643. The SMILES string of the molecule is COc1c(N)cccc1C(=O)OCCC1CCC1. The molecule has 1 aliphatic rings. The summed E-state index contributed by atoms with van der Waals surface area (Å²) < 4.78 is 10.4. The molecule has 0 unspecified atom stereocenters. The number of carbonyl (C=O) groups is 1. The fourth-order valence-electron chi connectivity index (χ4n) is 2.12. The maximum atomic E-state index is 11.9. The molecule has 1 fully saturated rings. The number of nitrogen functional groups attached to an aromatic ring is 1. The van der Waals surface area contributed by atoms with Gasteiger partial charge in [-0.2, -0.15) is 0 Å². The van der Waals surface area contributed by atoms with E-state index in [9.17, 15) is 4.79 Å². The number of hydrogen-bond donors (Lipinski definition) is 1. The van der Waals surface area contributed by atoms with Crippen LogP contribution in [0.2, 0.25) is 0 Å². The van der Waals surface area contributed by atoms with Crippen LogP contribution in [0, 0.1) is 5.92 Å². The highest BCUT2D eigenvalue weighted by atomic mass is 16.5. The average molecular weight is 249 g/mol. The molecule has 0 atom stereocenters. The van der Waals surface area contributed by atoms with Gasteiger partial charge in [-0.25, -0.2) is 4.79 Å². The van der Waals surface area contributed by atoms with Crippen molar-refractivity contribution in [2.24, 2.45) is 5.92 Å². The molecule has 4 nitrogen and oxygen atoms in total. The van der Waals surface area contributed by atoms with E-state index >= 15 is 0 Å². The zero-order valence-corrected chi connectivity index (χ0v) is 10.6. The number of ether oxygens (including phenoxy) is 2. The van der Waals surface area contributed by atoms with Gasteiger partial charge in [-0.05, 0) is 24.5 Å². The number of nitrogens with two attached hydrogens (primary N) is 1. The van der Waals surface area contributed by atoms with Gasteiger partial charge in [-0.1, -0.05) is 25.3 Å². The standard InChI is InChI=1S/C14H19NO3/c1-17-13-11(6-3-7-12(13)15)14(16)18-9-8-10-4-2-5-10/h3,6-7,10H,2,4-5,8-9,15H2,1H3. The predicted molar refractivity (Wildman–Crippen MR) is 69.6 cm³/mol. The van der Waals surface area contributed by atoms with E-state index in [-0.39, 0.29) is 5.97 Å². The van der Waals surface area contributed by atoms with Gasteiger partial charge in [0.15, 0.2) is 5.75 Å². The van der Waals surface area contributed by atoms with Crippen LogP contribution in [-0.4, -0.2) is 19.7 Å². The molecule has 1 aliphatic carbocycles. The molecular formula is C14H19NO3. The molecule has 0 aliphatic heterocycles. The normalized spacial score (nSPS) is 14.9. The van der Waals surface area contributed by atoms with E-state index in [1.807, 2.05) is 0 Å². The second kappa shape index (κ2) is 5.76. The van der Waals surface area contributed by atoms with Crippen molar-refractivity contribution in [1.82, 2.24) is 0 Å². The average Bonchev–Trinajstić information content (AvgIpc) is 2.31. The molecule has 18 heavy (non-hydrogen) atoms. The molecule has 0 amide bonds. The van der Waals surface area contributed by atoms with Gasteiger partial charge in [0.05, 0.1) is 19.4 Å². The maximum Gasteiger partial charge on any atom is 0.342 e. The van der Waals surface area contributed by atoms with E-state index < -0.39 is 0 Å². The lowest BCUT2D eigenvalue weighted by molar-refractivity contribution is 0.0461. The first-order valence-corrected chi connectivity index (χ1v) is 6.32. The highest BCUT2D eigenvalue weighted by Gasteiger charge is 2.19. The van der Waals surface area contributed by atoms with Crippen molar-refractivity contribution in [3.05, 3.63) is 23.8 Å². The van der Waals surface area contributed by atoms with Gasteiger partial charge in [-0.15, -0.1) is 0 Å². The Hall–Kier alpha value is -1.71. The minimum atomic E-state index is -0.363. The lowest BCUT2D eigenvalue weighted by Crippen LogP contribution is -2.16. The Morgan fingerprint density at radius 1 is 1.44 bits per heavy atom. The third kappa shape index (κ3) is 2.75. The maximum absolute atomic E-state index is 11.9. The molecule has 0 bridgehead atoms. The zero-order valence-electron chi connectivity index (χ0n) is 10.6. The number of carbonyl (C=O) groups excluding carboxylic acids is 1. The molecule has 0 saturated heterocycles. The van der Waals surface area contributed by atoms with Gasteiger partial charge >= 0.3 is 5.97 Å². The minimum absolute atomic E-state index is 0.363. The number of esters is 1. The Morgan fingerprint density at radius 2 is 2.22 bits per heavy atom. The van der Waals surface area contributed by atoms with Crippen molar-refractivity contribution in [1.29, 1.82) is 0 Å². The predicted octanol–water partition coefficient (Wildman–Crippen LogP) is 2.62. The van der Waals surface area contributed by atoms with Crippen molar-refractivity contribution in [2.75, 3.05) is 19.5 Å². The van der Waals surface area contributed by atoms with Crippen LogP contribution in [0.5, 0.6) is 5.75 Å². The number of para-hydroxylation sites is 1. The van der Waals surface area contributed by atoms with Gasteiger partial charge in [0.25, 0.3) is 0 Å².